The van der Waals surface area contributed by atoms with Gasteiger partial charge < -0.3 is 5.32 Å². The Morgan fingerprint density at radius 2 is 1.84 bits per heavy atom. The molecule has 4 aromatic rings. The average molecular weight is 434 g/mol. The second-order valence-electron chi connectivity index (χ2n) is 7.05. The maximum absolute atomic E-state index is 13.8. The molecular weight excluding hydrogens is 413 g/mol. The van der Waals surface area contributed by atoms with Crippen LogP contribution in [0.1, 0.15) is 11.1 Å². The summed E-state index contributed by atoms with van der Waals surface area (Å²) in [5.41, 5.74) is 4.08. The van der Waals surface area contributed by atoms with E-state index in [-0.39, 0.29) is 17.3 Å². The van der Waals surface area contributed by atoms with E-state index in [4.69, 9.17) is 0 Å². The van der Waals surface area contributed by atoms with Crippen molar-refractivity contribution in [2.24, 2.45) is 0 Å². The Morgan fingerprint density at radius 3 is 2.55 bits per heavy atom. The van der Waals surface area contributed by atoms with Gasteiger partial charge in [-0.2, -0.15) is 0 Å². The van der Waals surface area contributed by atoms with Crippen molar-refractivity contribution >= 4 is 23.4 Å². The van der Waals surface area contributed by atoms with Crippen molar-refractivity contribution in [1.82, 2.24) is 19.7 Å². The van der Waals surface area contributed by atoms with Gasteiger partial charge in [-0.25, -0.2) is 4.39 Å². The van der Waals surface area contributed by atoms with E-state index in [0.29, 0.717) is 11.0 Å². The molecule has 1 N–H and O–H groups in total. The molecule has 0 unspecified atom stereocenters. The zero-order valence-corrected chi connectivity index (χ0v) is 17.9. The van der Waals surface area contributed by atoms with Crippen LogP contribution in [0.3, 0.4) is 0 Å². The molecule has 0 atom stereocenters. The van der Waals surface area contributed by atoms with Crippen molar-refractivity contribution in [2.75, 3.05) is 11.1 Å². The van der Waals surface area contributed by atoms with Crippen molar-refractivity contribution < 1.29 is 9.18 Å². The number of carbonyl (C=O) groups is 1. The lowest BCUT2D eigenvalue weighted by atomic mass is 10.1. The predicted octanol–water partition coefficient (Wildman–Crippen LogP) is 4.82. The average Bonchev–Trinajstić information content (AvgIpc) is 3.18. The molecule has 0 radical (unpaired) electrons. The number of para-hydroxylation sites is 1. The van der Waals surface area contributed by atoms with Gasteiger partial charge in [-0.15, -0.1) is 10.2 Å². The predicted molar refractivity (Wildman–Crippen MR) is 120 cm³/mol. The summed E-state index contributed by atoms with van der Waals surface area (Å²) in [5.74, 6) is -0.106. The third-order valence-electron chi connectivity index (χ3n) is 4.50. The molecule has 0 aliphatic heterocycles. The lowest BCUT2D eigenvalue weighted by Crippen LogP contribution is -2.15. The molecule has 0 aliphatic carbocycles. The first-order chi connectivity index (χ1) is 15.0. The maximum Gasteiger partial charge on any atom is 0.234 e. The maximum atomic E-state index is 13.8. The van der Waals surface area contributed by atoms with Crippen LogP contribution in [-0.4, -0.2) is 31.4 Å². The fraction of sp³-hybridized carbons (Fsp3) is 0.130. The smallest absolute Gasteiger partial charge is 0.234 e. The first-order valence-corrected chi connectivity index (χ1v) is 10.6. The minimum absolute atomic E-state index is 0.0598. The number of nitrogens with zero attached hydrogens (tertiary/aromatic N) is 4. The first kappa shape index (κ1) is 20.7. The fourth-order valence-electron chi connectivity index (χ4n) is 3.24. The van der Waals surface area contributed by atoms with Crippen LogP contribution in [-0.2, 0) is 4.79 Å². The SMILES string of the molecule is Cc1cc(C)cc(-n2c(SCC(=O)Nc3ccccc3F)nnc2-c2cccnc2)c1. The lowest BCUT2D eigenvalue weighted by molar-refractivity contribution is -0.113. The third-order valence-corrected chi connectivity index (χ3v) is 5.43. The molecule has 2 aromatic carbocycles. The molecule has 0 fully saturated rings. The highest BCUT2D eigenvalue weighted by molar-refractivity contribution is 7.99. The van der Waals surface area contributed by atoms with E-state index < -0.39 is 5.82 Å². The second-order valence-corrected chi connectivity index (χ2v) is 7.99. The third kappa shape index (κ3) is 4.80. The molecular formula is C23H20FN5OS. The largest absolute Gasteiger partial charge is 0.323 e. The van der Waals surface area contributed by atoms with Gasteiger partial charge in [0.2, 0.25) is 5.91 Å². The van der Waals surface area contributed by atoms with Crippen LogP contribution in [0.4, 0.5) is 10.1 Å². The number of carbonyl (C=O) groups excluding carboxylic acids is 1. The van der Waals surface area contributed by atoms with Crippen molar-refractivity contribution in [3.05, 3.63) is 83.9 Å². The van der Waals surface area contributed by atoms with Gasteiger partial charge in [-0.05, 0) is 61.4 Å². The Bertz CT molecular complexity index is 1210. The molecule has 0 spiro atoms. The molecule has 2 aromatic heterocycles. The van der Waals surface area contributed by atoms with Crippen LogP contribution in [0.5, 0.6) is 0 Å². The van der Waals surface area contributed by atoms with Crippen molar-refractivity contribution in [3.63, 3.8) is 0 Å². The number of aryl methyl sites for hydroxylation is 2. The summed E-state index contributed by atoms with van der Waals surface area (Å²) in [6.07, 6.45) is 3.42. The molecule has 0 aliphatic rings. The number of pyridine rings is 1. The molecule has 31 heavy (non-hydrogen) atoms. The van der Waals surface area contributed by atoms with E-state index in [0.717, 1.165) is 22.4 Å². The van der Waals surface area contributed by atoms with Gasteiger partial charge in [0.25, 0.3) is 0 Å². The highest BCUT2D eigenvalue weighted by Gasteiger charge is 2.18. The number of nitrogens with one attached hydrogen (secondary N) is 1. The van der Waals surface area contributed by atoms with Crippen molar-refractivity contribution in [1.29, 1.82) is 0 Å². The monoisotopic (exact) mass is 433 g/mol. The van der Waals surface area contributed by atoms with E-state index in [1.54, 1.807) is 24.5 Å². The van der Waals surface area contributed by atoms with Gasteiger partial charge >= 0.3 is 0 Å². The molecule has 0 bridgehead atoms. The Labute approximate surface area is 183 Å². The van der Waals surface area contributed by atoms with Crippen LogP contribution in [0.2, 0.25) is 0 Å². The molecule has 0 saturated carbocycles. The van der Waals surface area contributed by atoms with Gasteiger partial charge in [-0.1, -0.05) is 30.0 Å². The summed E-state index contributed by atoms with van der Waals surface area (Å²) in [4.78, 5) is 16.6. The number of thioether (sulfide) groups is 1. The van der Waals surface area contributed by atoms with Gasteiger partial charge in [0.1, 0.15) is 5.82 Å². The summed E-state index contributed by atoms with van der Waals surface area (Å²) < 4.78 is 15.7. The number of anilines is 1. The molecule has 4 rings (SSSR count). The summed E-state index contributed by atoms with van der Waals surface area (Å²) >= 11 is 1.24. The van der Waals surface area contributed by atoms with Crippen LogP contribution in [0, 0.1) is 19.7 Å². The molecule has 1 amide bonds. The Hall–Kier alpha value is -3.52. The number of benzene rings is 2. The highest BCUT2D eigenvalue weighted by Crippen LogP contribution is 2.28. The number of halogens is 1. The Morgan fingerprint density at radius 1 is 1.06 bits per heavy atom. The minimum atomic E-state index is -0.474. The standard InChI is InChI=1S/C23H20FN5OS/c1-15-10-16(2)12-18(11-15)29-22(17-6-5-9-25-13-17)27-28-23(29)31-14-21(30)26-20-8-4-3-7-19(20)24/h3-13H,14H2,1-2H3,(H,26,30). The number of hydrogen-bond donors (Lipinski definition) is 1. The van der Waals surface area contributed by atoms with Crippen LogP contribution < -0.4 is 5.32 Å². The fourth-order valence-corrected chi connectivity index (χ4v) is 3.99. The topological polar surface area (TPSA) is 72.7 Å². The van der Waals surface area contributed by atoms with E-state index in [9.17, 15) is 9.18 Å². The zero-order chi connectivity index (χ0) is 21.8. The van der Waals surface area contributed by atoms with Crippen molar-refractivity contribution in [2.45, 2.75) is 19.0 Å². The zero-order valence-electron chi connectivity index (χ0n) is 17.0. The van der Waals surface area contributed by atoms with E-state index in [1.165, 1.54) is 23.9 Å². The Balaban J connectivity index is 1.64. The van der Waals surface area contributed by atoms with E-state index >= 15 is 0 Å². The van der Waals surface area contributed by atoms with Crippen LogP contribution in [0.25, 0.3) is 17.1 Å². The summed E-state index contributed by atoms with van der Waals surface area (Å²) in [6, 6.07) is 16.0. The first-order valence-electron chi connectivity index (χ1n) is 9.63. The molecule has 156 valence electrons. The summed E-state index contributed by atoms with van der Waals surface area (Å²) in [6.45, 7) is 4.05. The number of amides is 1. The van der Waals surface area contributed by atoms with Gasteiger partial charge in [-0.3, -0.25) is 14.3 Å². The quantitative estimate of drug-likeness (QED) is 0.442. The lowest BCUT2D eigenvalue weighted by Gasteiger charge is -2.12. The molecule has 0 saturated heterocycles. The second kappa shape index (κ2) is 9.09. The van der Waals surface area contributed by atoms with Gasteiger partial charge in [0, 0.05) is 18.0 Å². The molecule has 2 heterocycles. The van der Waals surface area contributed by atoms with Crippen LogP contribution >= 0.6 is 11.8 Å². The van der Waals surface area contributed by atoms with Gasteiger partial charge in [0.15, 0.2) is 11.0 Å². The molecule has 8 heteroatoms. The summed E-state index contributed by atoms with van der Waals surface area (Å²) in [5, 5.41) is 11.8. The summed E-state index contributed by atoms with van der Waals surface area (Å²) in [7, 11) is 0. The normalized spacial score (nSPS) is 10.8. The Kier molecular flexibility index (Phi) is 6.08. The van der Waals surface area contributed by atoms with Gasteiger partial charge in [0.05, 0.1) is 17.1 Å². The molecule has 6 nitrogen and oxygen atoms in total. The van der Waals surface area contributed by atoms with Crippen LogP contribution in [0.15, 0.2) is 72.1 Å². The number of hydrogen-bond acceptors (Lipinski definition) is 5. The van der Waals surface area contributed by atoms with Crippen molar-refractivity contribution in [3.8, 4) is 17.1 Å². The van der Waals surface area contributed by atoms with E-state index in [2.05, 4.69) is 26.6 Å². The van der Waals surface area contributed by atoms with E-state index in [1.807, 2.05) is 42.7 Å². The highest BCUT2D eigenvalue weighted by atomic mass is 32.2. The number of aromatic nitrogens is 4. The number of rotatable bonds is 6. The minimum Gasteiger partial charge on any atom is -0.323 e.